The summed E-state index contributed by atoms with van der Waals surface area (Å²) in [6.07, 6.45) is 3.44. The Bertz CT molecular complexity index is 1760. The molecule has 0 spiro atoms. The monoisotopic (exact) mass is 576 g/mol. The van der Waals surface area contributed by atoms with E-state index in [1.54, 1.807) is 73.8 Å². The quantitative estimate of drug-likeness (QED) is 0.115. The second-order valence-corrected chi connectivity index (χ2v) is 10.3. The van der Waals surface area contributed by atoms with Crippen LogP contribution in [0.4, 0.5) is 11.4 Å². The SMILES string of the molecule is COc1cccc(/C=C(\NC(=O)c2ccccc2)C(=O)Nc2cccc(SCC(=O)Nc3ccc4cc[nH]c4c3)c2)c1. The van der Waals surface area contributed by atoms with Gasteiger partial charge in [-0.15, -0.1) is 11.8 Å². The predicted octanol–water partition coefficient (Wildman–Crippen LogP) is 6.32. The Morgan fingerprint density at radius 1 is 0.833 bits per heavy atom. The number of ether oxygens (including phenoxy) is 1. The molecule has 4 aromatic carbocycles. The fraction of sp³-hybridized carbons (Fsp3) is 0.0606. The van der Waals surface area contributed by atoms with Crippen LogP contribution in [-0.2, 0) is 9.59 Å². The summed E-state index contributed by atoms with van der Waals surface area (Å²) in [6, 6.07) is 30.7. The highest BCUT2D eigenvalue weighted by Crippen LogP contribution is 2.24. The normalized spacial score (nSPS) is 11.1. The second-order valence-electron chi connectivity index (χ2n) is 9.25. The van der Waals surface area contributed by atoms with E-state index in [0.717, 1.165) is 15.8 Å². The number of aromatic nitrogens is 1. The number of nitrogens with one attached hydrogen (secondary N) is 4. The molecule has 0 aliphatic heterocycles. The van der Waals surface area contributed by atoms with E-state index < -0.39 is 11.8 Å². The molecule has 5 aromatic rings. The van der Waals surface area contributed by atoms with E-state index in [-0.39, 0.29) is 17.4 Å². The molecule has 42 heavy (non-hydrogen) atoms. The van der Waals surface area contributed by atoms with Crippen LogP contribution < -0.4 is 20.7 Å². The number of aromatic amines is 1. The number of methoxy groups -OCH3 is 1. The fourth-order valence-corrected chi connectivity index (χ4v) is 4.93. The zero-order valence-corrected chi connectivity index (χ0v) is 23.5. The Hall–Kier alpha value is -5.28. The van der Waals surface area contributed by atoms with Crippen LogP contribution in [0.3, 0.4) is 0 Å². The summed E-state index contributed by atoms with van der Waals surface area (Å²) in [4.78, 5) is 42.8. The molecule has 1 aromatic heterocycles. The van der Waals surface area contributed by atoms with Gasteiger partial charge in [0, 0.05) is 33.5 Å². The minimum atomic E-state index is -0.498. The van der Waals surface area contributed by atoms with E-state index in [2.05, 4.69) is 20.9 Å². The van der Waals surface area contributed by atoms with Crippen LogP contribution >= 0.6 is 11.8 Å². The van der Waals surface area contributed by atoms with Crippen LogP contribution in [-0.4, -0.2) is 35.6 Å². The van der Waals surface area contributed by atoms with Crippen molar-refractivity contribution in [2.24, 2.45) is 0 Å². The molecule has 9 heteroatoms. The Balaban J connectivity index is 1.26. The molecule has 210 valence electrons. The van der Waals surface area contributed by atoms with Crippen LogP contribution in [0.5, 0.6) is 5.75 Å². The summed E-state index contributed by atoms with van der Waals surface area (Å²) in [5.74, 6) is -0.245. The molecule has 0 bridgehead atoms. The van der Waals surface area contributed by atoms with Gasteiger partial charge in [-0.05, 0) is 77.7 Å². The Morgan fingerprint density at radius 3 is 2.48 bits per heavy atom. The van der Waals surface area contributed by atoms with Gasteiger partial charge in [0.15, 0.2) is 0 Å². The van der Waals surface area contributed by atoms with Crippen molar-refractivity contribution < 1.29 is 19.1 Å². The van der Waals surface area contributed by atoms with Crippen molar-refractivity contribution in [3.63, 3.8) is 0 Å². The standard InChI is InChI=1S/C33H28N4O4S/c1-41-27-11-5-7-22(17-27)18-30(37-32(39)24-8-3-2-4-9-24)33(40)36-25-10-6-12-28(19-25)42-21-31(38)35-26-14-13-23-15-16-34-29(23)20-26/h2-20,34H,21H2,1H3,(H,35,38)(H,36,40)(H,37,39)/b30-18-. The van der Waals surface area contributed by atoms with Crippen molar-refractivity contribution in [3.05, 3.63) is 126 Å². The number of hydrogen-bond donors (Lipinski definition) is 4. The lowest BCUT2D eigenvalue weighted by atomic mass is 10.1. The highest BCUT2D eigenvalue weighted by molar-refractivity contribution is 8.00. The lowest BCUT2D eigenvalue weighted by molar-refractivity contribution is -0.114. The molecule has 0 fully saturated rings. The molecule has 0 unspecified atom stereocenters. The molecular weight excluding hydrogens is 548 g/mol. The third kappa shape index (κ3) is 7.47. The molecule has 0 aliphatic rings. The number of hydrogen-bond acceptors (Lipinski definition) is 5. The maximum Gasteiger partial charge on any atom is 0.272 e. The molecule has 3 amide bonds. The molecular formula is C33H28N4O4S. The van der Waals surface area contributed by atoms with Crippen LogP contribution in [0.15, 0.2) is 120 Å². The summed E-state index contributed by atoms with van der Waals surface area (Å²) in [5, 5.41) is 9.58. The van der Waals surface area contributed by atoms with Gasteiger partial charge >= 0.3 is 0 Å². The molecule has 0 atom stereocenters. The van der Waals surface area contributed by atoms with E-state index in [0.29, 0.717) is 28.3 Å². The van der Waals surface area contributed by atoms with Gasteiger partial charge in [-0.1, -0.05) is 42.5 Å². The van der Waals surface area contributed by atoms with Gasteiger partial charge in [0.05, 0.1) is 12.9 Å². The summed E-state index contributed by atoms with van der Waals surface area (Å²) in [5.41, 5.74) is 3.35. The highest BCUT2D eigenvalue weighted by Gasteiger charge is 2.16. The first-order chi connectivity index (χ1) is 20.5. The fourth-order valence-electron chi connectivity index (χ4n) is 4.17. The van der Waals surface area contributed by atoms with Gasteiger partial charge in [-0.2, -0.15) is 0 Å². The molecule has 4 N–H and O–H groups in total. The Kier molecular flexibility index (Phi) is 9.00. The van der Waals surface area contributed by atoms with Gasteiger partial charge in [-0.3, -0.25) is 14.4 Å². The number of H-pyrrole nitrogens is 1. The zero-order chi connectivity index (χ0) is 29.3. The maximum atomic E-state index is 13.4. The van der Waals surface area contributed by atoms with E-state index in [1.807, 2.05) is 48.7 Å². The average molecular weight is 577 g/mol. The van der Waals surface area contributed by atoms with Crippen molar-refractivity contribution in [1.29, 1.82) is 0 Å². The van der Waals surface area contributed by atoms with E-state index >= 15 is 0 Å². The lowest BCUT2D eigenvalue weighted by Crippen LogP contribution is -2.30. The maximum absolute atomic E-state index is 13.4. The first-order valence-electron chi connectivity index (χ1n) is 13.1. The topological polar surface area (TPSA) is 112 Å². The third-order valence-corrected chi connectivity index (χ3v) is 7.23. The summed E-state index contributed by atoms with van der Waals surface area (Å²) in [7, 11) is 1.56. The second kappa shape index (κ2) is 13.4. The number of amides is 3. The number of thioether (sulfide) groups is 1. The van der Waals surface area contributed by atoms with Gasteiger partial charge in [-0.25, -0.2) is 0 Å². The van der Waals surface area contributed by atoms with Crippen molar-refractivity contribution in [1.82, 2.24) is 10.3 Å². The Morgan fingerprint density at radius 2 is 1.64 bits per heavy atom. The van der Waals surface area contributed by atoms with Crippen LogP contribution in [0, 0.1) is 0 Å². The minimum absolute atomic E-state index is 0.0635. The van der Waals surface area contributed by atoms with Crippen molar-refractivity contribution in [2.75, 3.05) is 23.5 Å². The van der Waals surface area contributed by atoms with E-state index in [9.17, 15) is 14.4 Å². The average Bonchev–Trinajstić information content (AvgIpc) is 3.48. The van der Waals surface area contributed by atoms with Crippen LogP contribution in [0.2, 0.25) is 0 Å². The van der Waals surface area contributed by atoms with Gasteiger partial charge in [0.25, 0.3) is 11.8 Å². The third-order valence-electron chi connectivity index (χ3n) is 6.23. The van der Waals surface area contributed by atoms with Gasteiger partial charge in [0.1, 0.15) is 11.4 Å². The molecule has 1 heterocycles. The summed E-state index contributed by atoms with van der Waals surface area (Å²) >= 11 is 1.35. The first kappa shape index (κ1) is 28.3. The minimum Gasteiger partial charge on any atom is -0.497 e. The summed E-state index contributed by atoms with van der Waals surface area (Å²) < 4.78 is 5.29. The first-order valence-corrected chi connectivity index (χ1v) is 14.1. The number of carbonyl (C=O) groups excluding carboxylic acids is 3. The van der Waals surface area contributed by atoms with Crippen LogP contribution in [0.25, 0.3) is 17.0 Å². The number of carbonyl (C=O) groups is 3. The smallest absolute Gasteiger partial charge is 0.272 e. The number of anilines is 2. The van der Waals surface area contributed by atoms with Gasteiger partial charge < -0.3 is 25.7 Å². The number of fused-ring (bicyclic) bond motifs is 1. The van der Waals surface area contributed by atoms with Crippen molar-refractivity contribution in [2.45, 2.75) is 4.90 Å². The zero-order valence-electron chi connectivity index (χ0n) is 22.7. The molecule has 0 saturated heterocycles. The molecule has 8 nitrogen and oxygen atoms in total. The van der Waals surface area contributed by atoms with Crippen molar-refractivity contribution >= 4 is 57.8 Å². The van der Waals surface area contributed by atoms with E-state index in [1.165, 1.54) is 11.8 Å². The molecule has 0 saturated carbocycles. The predicted molar refractivity (Wildman–Crippen MR) is 168 cm³/mol. The molecule has 0 radical (unpaired) electrons. The van der Waals surface area contributed by atoms with Gasteiger partial charge in [0.2, 0.25) is 5.91 Å². The summed E-state index contributed by atoms with van der Waals surface area (Å²) in [6.45, 7) is 0. The number of benzene rings is 4. The Labute approximate surface area is 247 Å². The number of rotatable bonds is 10. The van der Waals surface area contributed by atoms with Crippen molar-refractivity contribution in [3.8, 4) is 5.75 Å². The highest BCUT2D eigenvalue weighted by atomic mass is 32.2. The van der Waals surface area contributed by atoms with E-state index in [4.69, 9.17) is 4.74 Å². The molecule has 0 aliphatic carbocycles. The van der Waals surface area contributed by atoms with Crippen LogP contribution in [0.1, 0.15) is 15.9 Å². The molecule has 5 rings (SSSR count). The largest absolute Gasteiger partial charge is 0.497 e. The lowest BCUT2D eigenvalue weighted by Gasteiger charge is -2.12.